The van der Waals surface area contributed by atoms with Crippen LogP contribution in [0.5, 0.6) is 5.75 Å². The second-order valence-electron chi connectivity index (χ2n) is 14.1. The molecule has 2 aromatic carbocycles. The molecule has 14 nitrogen and oxygen atoms in total. The van der Waals surface area contributed by atoms with Crippen LogP contribution in [0.15, 0.2) is 36.4 Å². The number of nitrogens with one attached hydrogen (secondary N) is 2. The highest BCUT2D eigenvalue weighted by molar-refractivity contribution is 7.87. The molecule has 3 saturated heterocycles. The summed E-state index contributed by atoms with van der Waals surface area (Å²) in [6, 6.07) is 11.6. The number of amides is 4. The molecule has 0 aromatic heterocycles. The van der Waals surface area contributed by atoms with E-state index in [4.69, 9.17) is 4.74 Å². The molecule has 0 radical (unpaired) electrons. The second kappa shape index (κ2) is 15.8. The van der Waals surface area contributed by atoms with Crippen molar-refractivity contribution < 1.29 is 32.6 Å². The van der Waals surface area contributed by atoms with Gasteiger partial charge in [-0.15, -0.1) is 0 Å². The average molecular weight is 726 g/mol. The largest absolute Gasteiger partial charge is 0.507 e. The number of ether oxygens (including phenoxy) is 1. The van der Waals surface area contributed by atoms with Gasteiger partial charge in [0.05, 0.1) is 0 Å². The minimum atomic E-state index is -3.45. The van der Waals surface area contributed by atoms with Gasteiger partial charge < -0.3 is 29.9 Å². The number of phenols is 1. The second-order valence-corrected chi connectivity index (χ2v) is 16.0. The summed E-state index contributed by atoms with van der Waals surface area (Å²) in [5, 5.41) is 13.4. The quantitative estimate of drug-likeness (QED) is 0.376. The molecule has 2 aromatic rings. The molecule has 3 fully saturated rings. The lowest BCUT2D eigenvalue weighted by molar-refractivity contribution is -0.142. The summed E-state index contributed by atoms with van der Waals surface area (Å²) in [6.45, 7) is 8.15. The Balaban J connectivity index is 1.07. The van der Waals surface area contributed by atoms with E-state index in [1.807, 2.05) is 41.3 Å². The summed E-state index contributed by atoms with van der Waals surface area (Å²) >= 11 is 0. The lowest BCUT2D eigenvalue weighted by atomic mass is 9.98. The Morgan fingerprint density at radius 1 is 0.902 bits per heavy atom. The molecule has 1 unspecified atom stereocenters. The normalized spacial score (nSPS) is 20.8. The van der Waals surface area contributed by atoms with Crippen LogP contribution in [0.3, 0.4) is 0 Å². The maximum absolute atomic E-state index is 14.1. The van der Waals surface area contributed by atoms with Crippen LogP contribution < -0.4 is 10.0 Å². The van der Waals surface area contributed by atoms with Crippen LogP contribution in [0.2, 0.25) is 0 Å². The molecule has 51 heavy (non-hydrogen) atoms. The monoisotopic (exact) mass is 725 g/mol. The van der Waals surface area contributed by atoms with E-state index in [9.17, 15) is 27.9 Å². The number of nitrogens with zero attached hydrogens (tertiary/aromatic N) is 5. The molecule has 3 N–H and O–H groups in total. The van der Waals surface area contributed by atoms with Crippen molar-refractivity contribution in [3.8, 4) is 5.75 Å². The number of fused-ring (bicyclic) bond motifs is 1. The summed E-state index contributed by atoms with van der Waals surface area (Å²) in [4.78, 5) is 48.4. The third-order valence-corrected chi connectivity index (χ3v) is 12.5. The molecule has 0 saturated carbocycles. The molecule has 278 valence electrons. The zero-order valence-corrected chi connectivity index (χ0v) is 30.7. The standard InChI is InChI=1S/C36H51N7O7S/c1-25-22-27(23-26(2)33(25)44)24-32(34(45)40-13-9-29(10-14-40)39-18-20-42(21-19-39)51(48,49)37-3)50-36(47)41-15-11-30(12-16-41)43-17-8-28-6-4-5-7-31(28)38-35(43)46/h4-7,22-23,29-30,32,37,44H,8-21,24H2,1-3H3,(H,38,46). The van der Waals surface area contributed by atoms with Crippen LogP contribution in [-0.4, -0.2) is 140 Å². The molecule has 4 aliphatic heterocycles. The number of likely N-dealkylation sites (tertiary alicyclic amines) is 2. The number of hydrogen-bond acceptors (Lipinski definition) is 8. The fourth-order valence-electron chi connectivity index (χ4n) is 7.94. The van der Waals surface area contributed by atoms with E-state index < -0.39 is 22.4 Å². The van der Waals surface area contributed by atoms with Crippen molar-refractivity contribution in [3.63, 3.8) is 0 Å². The highest BCUT2D eigenvalue weighted by atomic mass is 32.2. The Hall–Kier alpha value is -3.92. The average Bonchev–Trinajstić information content (AvgIpc) is 3.31. The topological polar surface area (TPSA) is 155 Å². The van der Waals surface area contributed by atoms with Crippen molar-refractivity contribution in [3.05, 3.63) is 58.7 Å². The van der Waals surface area contributed by atoms with Gasteiger partial charge in [-0.25, -0.2) is 14.3 Å². The van der Waals surface area contributed by atoms with Gasteiger partial charge in [-0.3, -0.25) is 9.69 Å². The first-order chi connectivity index (χ1) is 24.4. The number of piperidine rings is 2. The maximum atomic E-state index is 14.1. The molecular weight excluding hydrogens is 675 g/mol. The van der Waals surface area contributed by atoms with Gasteiger partial charge in [0, 0.05) is 90.1 Å². The molecule has 0 spiro atoms. The van der Waals surface area contributed by atoms with Gasteiger partial charge in [-0.1, -0.05) is 30.3 Å². The third-order valence-electron chi connectivity index (χ3n) is 11.0. The Bertz CT molecular complexity index is 1680. The number of carbonyl (C=O) groups is 3. The van der Waals surface area contributed by atoms with Crippen LogP contribution >= 0.6 is 0 Å². The van der Waals surface area contributed by atoms with Gasteiger partial charge in [-0.2, -0.15) is 12.7 Å². The van der Waals surface area contributed by atoms with Crippen LogP contribution in [0.4, 0.5) is 15.3 Å². The summed E-state index contributed by atoms with van der Waals surface area (Å²) in [5.74, 6) is -0.0410. The zero-order chi connectivity index (χ0) is 36.3. The van der Waals surface area contributed by atoms with Gasteiger partial charge in [0.1, 0.15) is 5.75 Å². The number of carbonyl (C=O) groups excluding carboxylic acids is 3. The lowest BCUT2D eigenvalue weighted by Crippen LogP contribution is -2.56. The Kier molecular flexibility index (Phi) is 11.4. The van der Waals surface area contributed by atoms with E-state index in [1.54, 1.807) is 23.6 Å². The Labute approximate surface area is 300 Å². The molecule has 6 rings (SSSR count). The summed E-state index contributed by atoms with van der Waals surface area (Å²) in [5.41, 5.74) is 4.12. The van der Waals surface area contributed by atoms with Crippen molar-refractivity contribution in [1.82, 2.24) is 28.6 Å². The number of rotatable bonds is 8. The summed E-state index contributed by atoms with van der Waals surface area (Å²) in [6.07, 6.45) is 2.05. The lowest BCUT2D eigenvalue weighted by Gasteiger charge is -2.42. The van der Waals surface area contributed by atoms with Gasteiger partial charge >= 0.3 is 12.1 Å². The van der Waals surface area contributed by atoms with E-state index in [2.05, 4.69) is 14.9 Å². The number of para-hydroxylation sites is 1. The van der Waals surface area contributed by atoms with E-state index in [1.165, 1.54) is 11.4 Å². The van der Waals surface area contributed by atoms with Crippen LogP contribution in [0.25, 0.3) is 0 Å². The van der Waals surface area contributed by atoms with Crippen molar-refractivity contribution in [2.45, 2.75) is 70.6 Å². The maximum Gasteiger partial charge on any atom is 0.410 e. The van der Waals surface area contributed by atoms with Crippen molar-refractivity contribution in [2.24, 2.45) is 0 Å². The molecule has 1 atom stereocenters. The van der Waals surface area contributed by atoms with Crippen LogP contribution in [0.1, 0.15) is 47.9 Å². The smallest absolute Gasteiger partial charge is 0.410 e. The van der Waals surface area contributed by atoms with Gasteiger partial charge in [0.15, 0.2) is 6.10 Å². The number of urea groups is 1. The van der Waals surface area contributed by atoms with Crippen molar-refractivity contribution in [2.75, 3.05) is 71.3 Å². The first kappa shape index (κ1) is 36.9. The van der Waals surface area contributed by atoms with Gasteiger partial charge in [-0.05, 0) is 74.3 Å². The molecule has 4 amide bonds. The number of anilines is 1. The predicted molar refractivity (Wildman–Crippen MR) is 193 cm³/mol. The van der Waals surface area contributed by atoms with Crippen molar-refractivity contribution >= 4 is 33.9 Å². The summed E-state index contributed by atoms with van der Waals surface area (Å²) < 4.78 is 34.3. The van der Waals surface area contributed by atoms with Crippen molar-refractivity contribution in [1.29, 1.82) is 0 Å². The van der Waals surface area contributed by atoms with Crippen LogP contribution in [-0.2, 0) is 32.6 Å². The molecule has 4 aliphatic rings. The first-order valence-electron chi connectivity index (χ1n) is 18.0. The number of piperazine rings is 1. The number of aromatic hydroxyl groups is 1. The zero-order valence-electron chi connectivity index (χ0n) is 29.8. The number of aryl methyl sites for hydroxylation is 2. The Morgan fingerprint density at radius 3 is 2.16 bits per heavy atom. The number of hydrogen-bond donors (Lipinski definition) is 3. The SMILES string of the molecule is CNS(=O)(=O)N1CCN(C2CCN(C(=O)C(Cc3cc(C)c(O)c(C)c3)OC(=O)N3CCC(N4CCc5ccccc5NC4=O)CC3)CC2)CC1. The highest BCUT2D eigenvalue weighted by Gasteiger charge is 2.37. The number of phenolic OH excluding ortho intramolecular Hbond substituents is 1. The minimum Gasteiger partial charge on any atom is -0.507 e. The minimum absolute atomic E-state index is 0.0132. The van der Waals surface area contributed by atoms with Gasteiger partial charge in [0.25, 0.3) is 16.1 Å². The Morgan fingerprint density at radius 2 is 1.51 bits per heavy atom. The molecule has 15 heteroatoms. The predicted octanol–water partition coefficient (Wildman–Crippen LogP) is 2.68. The molecule has 4 heterocycles. The third kappa shape index (κ3) is 8.43. The van der Waals surface area contributed by atoms with E-state index >= 15 is 0 Å². The fraction of sp³-hybridized carbons (Fsp3) is 0.583. The van der Waals surface area contributed by atoms with Crippen LogP contribution in [0, 0.1) is 13.8 Å². The summed E-state index contributed by atoms with van der Waals surface area (Å²) in [7, 11) is -2.03. The fourth-order valence-corrected chi connectivity index (χ4v) is 8.85. The molecular formula is C36H51N7O7S. The van der Waals surface area contributed by atoms with E-state index in [0.29, 0.717) is 82.9 Å². The van der Waals surface area contributed by atoms with E-state index in [0.717, 1.165) is 36.1 Å². The highest BCUT2D eigenvalue weighted by Crippen LogP contribution is 2.28. The molecule has 0 aliphatic carbocycles. The van der Waals surface area contributed by atoms with E-state index in [-0.39, 0.29) is 36.2 Å². The molecule has 0 bridgehead atoms. The number of benzene rings is 2. The first-order valence-corrected chi connectivity index (χ1v) is 19.5. The van der Waals surface area contributed by atoms with Gasteiger partial charge in [0.2, 0.25) is 0 Å².